The molecule has 0 aromatic carbocycles. The first kappa shape index (κ1) is 7.95. The number of nitrogens with zero attached hydrogens (tertiary/aromatic N) is 1. The molecule has 0 spiro atoms. The van der Waals surface area contributed by atoms with Gasteiger partial charge in [0.25, 0.3) is 0 Å². The van der Waals surface area contributed by atoms with Crippen molar-refractivity contribution >= 4 is 6.21 Å². The monoisotopic (exact) mass is 149 g/mol. The van der Waals surface area contributed by atoms with Crippen LogP contribution in [0.15, 0.2) is 42.1 Å². The second-order valence-corrected chi connectivity index (χ2v) is 2.11. The van der Waals surface area contributed by atoms with Gasteiger partial charge in [-0.05, 0) is 6.08 Å². The number of aliphatic imine (C=N–C) groups is 1. The number of ether oxygens (including phenoxy) is 1. The van der Waals surface area contributed by atoms with Crippen LogP contribution in [-0.2, 0) is 4.74 Å². The van der Waals surface area contributed by atoms with E-state index in [1.807, 2.05) is 18.2 Å². The number of allylic oxidation sites excluding steroid dienone is 2. The van der Waals surface area contributed by atoms with Crippen LogP contribution in [-0.4, -0.2) is 18.9 Å². The number of rotatable bonds is 3. The topological polar surface area (TPSA) is 21.6 Å². The molecule has 0 saturated heterocycles. The smallest absolute Gasteiger partial charge is 0.111 e. The van der Waals surface area contributed by atoms with Crippen LogP contribution in [0.4, 0.5) is 0 Å². The molecule has 58 valence electrons. The summed E-state index contributed by atoms with van der Waals surface area (Å²) in [5, 5.41) is 0. The molecule has 0 aromatic heterocycles. The molecule has 1 aliphatic rings. The summed E-state index contributed by atoms with van der Waals surface area (Å²) in [6.07, 6.45) is 10.9. The number of hydrogen-bond donors (Lipinski definition) is 0. The summed E-state index contributed by atoms with van der Waals surface area (Å²) >= 11 is 0. The largest absolute Gasteiger partial charge is 0.364 e. The summed E-state index contributed by atoms with van der Waals surface area (Å²) in [5.41, 5.74) is 0. The molecule has 2 heteroatoms. The van der Waals surface area contributed by atoms with Gasteiger partial charge in [-0.15, -0.1) is 6.58 Å². The van der Waals surface area contributed by atoms with E-state index in [1.165, 1.54) is 0 Å². The normalized spacial score (nSPS) is 21.6. The second kappa shape index (κ2) is 4.63. The van der Waals surface area contributed by atoms with E-state index in [9.17, 15) is 0 Å². The summed E-state index contributed by atoms with van der Waals surface area (Å²) in [6.45, 7) is 4.12. The first-order valence-corrected chi connectivity index (χ1v) is 3.52. The Morgan fingerprint density at radius 2 is 2.45 bits per heavy atom. The van der Waals surface area contributed by atoms with E-state index < -0.39 is 0 Å². The lowest BCUT2D eigenvalue weighted by molar-refractivity contribution is 0.158. The molecule has 0 fully saturated rings. The second-order valence-electron chi connectivity index (χ2n) is 2.11. The molecule has 1 atom stereocenters. The highest BCUT2D eigenvalue weighted by Crippen LogP contribution is 1.96. The van der Waals surface area contributed by atoms with Crippen LogP contribution in [0.2, 0.25) is 0 Å². The molecule has 0 radical (unpaired) electrons. The highest BCUT2D eigenvalue weighted by atomic mass is 16.5. The van der Waals surface area contributed by atoms with E-state index >= 15 is 0 Å². The molecule has 1 heterocycles. The average Bonchev–Trinajstić information content (AvgIpc) is 2.28. The fourth-order valence-corrected chi connectivity index (χ4v) is 0.735. The Labute approximate surface area is 66.6 Å². The van der Waals surface area contributed by atoms with Crippen molar-refractivity contribution in [2.75, 3.05) is 6.61 Å². The predicted octanol–water partition coefficient (Wildman–Crippen LogP) is 1.71. The van der Waals surface area contributed by atoms with Crippen LogP contribution < -0.4 is 0 Å². The van der Waals surface area contributed by atoms with Crippen LogP contribution >= 0.6 is 0 Å². The van der Waals surface area contributed by atoms with Gasteiger partial charge in [-0.25, -0.2) is 0 Å². The van der Waals surface area contributed by atoms with Crippen molar-refractivity contribution in [3.8, 4) is 0 Å². The maximum atomic E-state index is 5.32. The predicted molar refractivity (Wildman–Crippen MR) is 46.7 cm³/mol. The van der Waals surface area contributed by atoms with Gasteiger partial charge in [0.2, 0.25) is 0 Å². The molecule has 0 amide bonds. The lowest BCUT2D eigenvalue weighted by atomic mass is 10.3. The quantitative estimate of drug-likeness (QED) is 0.560. The summed E-state index contributed by atoms with van der Waals surface area (Å²) in [4.78, 5) is 3.98. The van der Waals surface area contributed by atoms with Crippen molar-refractivity contribution in [2.45, 2.75) is 6.10 Å². The minimum atomic E-state index is -0.0111. The number of hydrogen-bond acceptors (Lipinski definition) is 2. The zero-order chi connectivity index (χ0) is 7.94. The average molecular weight is 149 g/mol. The van der Waals surface area contributed by atoms with Crippen LogP contribution in [0, 0.1) is 0 Å². The van der Waals surface area contributed by atoms with E-state index in [1.54, 1.807) is 18.5 Å². The molecule has 0 bridgehead atoms. The van der Waals surface area contributed by atoms with Gasteiger partial charge in [-0.2, -0.15) is 0 Å². The van der Waals surface area contributed by atoms with Gasteiger partial charge in [-0.1, -0.05) is 18.2 Å². The van der Waals surface area contributed by atoms with Crippen molar-refractivity contribution in [2.24, 2.45) is 4.99 Å². The Bertz CT molecular complexity index is 188. The lowest BCUT2D eigenvalue weighted by Gasteiger charge is -2.04. The van der Waals surface area contributed by atoms with Crippen molar-refractivity contribution in [3.63, 3.8) is 0 Å². The van der Waals surface area contributed by atoms with Crippen molar-refractivity contribution < 1.29 is 4.74 Å². The fraction of sp³-hybridized carbons (Fsp3) is 0.222. The Balaban J connectivity index is 2.40. The Hall–Kier alpha value is -1.15. The first-order chi connectivity index (χ1) is 5.43. The van der Waals surface area contributed by atoms with Crippen molar-refractivity contribution in [1.82, 2.24) is 0 Å². The third-order valence-electron chi connectivity index (χ3n) is 1.22. The van der Waals surface area contributed by atoms with Crippen LogP contribution in [0.1, 0.15) is 0 Å². The maximum absolute atomic E-state index is 5.32. The van der Waals surface area contributed by atoms with Crippen LogP contribution in [0.3, 0.4) is 0 Å². The third kappa shape index (κ3) is 2.96. The molecule has 0 aromatic rings. The molecule has 0 aliphatic carbocycles. The van der Waals surface area contributed by atoms with Gasteiger partial charge in [0.05, 0.1) is 6.61 Å². The Morgan fingerprint density at radius 3 is 3.27 bits per heavy atom. The van der Waals surface area contributed by atoms with E-state index in [-0.39, 0.29) is 6.10 Å². The molecular formula is C9H11NO. The van der Waals surface area contributed by atoms with Gasteiger partial charge in [0.1, 0.15) is 6.10 Å². The SMILES string of the molecule is C=CCOC1C=CC=CN=C1. The summed E-state index contributed by atoms with van der Waals surface area (Å²) in [7, 11) is 0. The molecule has 11 heavy (non-hydrogen) atoms. The molecule has 1 aliphatic heterocycles. The highest BCUT2D eigenvalue weighted by Gasteiger charge is 1.98. The molecule has 0 N–H and O–H groups in total. The summed E-state index contributed by atoms with van der Waals surface area (Å²) < 4.78 is 5.32. The Morgan fingerprint density at radius 1 is 1.55 bits per heavy atom. The minimum absolute atomic E-state index is 0.0111. The van der Waals surface area contributed by atoms with E-state index in [0.29, 0.717) is 6.61 Å². The van der Waals surface area contributed by atoms with Crippen LogP contribution in [0.25, 0.3) is 0 Å². The molecular weight excluding hydrogens is 138 g/mol. The Kier molecular flexibility index (Phi) is 3.35. The highest BCUT2D eigenvalue weighted by molar-refractivity contribution is 5.67. The molecule has 2 nitrogen and oxygen atoms in total. The minimum Gasteiger partial charge on any atom is -0.364 e. The van der Waals surface area contributed by atoms with Gasteiger partial charge in [0.15, 0.2) is 0 Å². The molecule has 0 saturated carbocycles. The van der Waals surface area contributed by atoms with E-state index in [4.69, 9.17) is 4.74 Å². The molecule has 1 rings (SSSR count). The lowest BCUT2D eigenvalue weighted by Crippen LogP contribution is -2.10. The maximum Gasteiger partial charge on any atom is 0.111 e. The van der Waals surface area contributed by atoms with Gasteiger partial charge < -0.3 is 4.74 Å². The van der Waals surface area contributed by atoms with E-state index in [2.05, 4.69) is 11.6 Å². The third-order valence-corrected chi connectivity index (χ3v) is 1.22. The molecule has 1 unspecified atom stereocenters. The first-order valence-electron chi connectivity index (χ1n) is 3.52. The summed E-state index contributed by atoms with van der Waals surface area (Å²) in [6, 6.07) is 0. The standard InChI is InChI=1S/C9H11NO/c1-2-7-11-9-5-3-4-6-10-8-9/h2-6,8-9H,1,7H2. The van der Waals surface area contributed by atoms with Gasteiger partial charge in [0, 0.05) is 12.4 Å². The zero-order valence-corrected chi connectivity index (χ0v) is 6.31. The fourth-order valence-electron chi connectivity index (χ4n) is 0.735. The van der Waals surface area contributed by atoms with Crippen molar-refractivity contribution in [3.05, 3.63) is 37.1 Å². The summed E-state index contributed by atoms with van der Waals surface area (Å²) in [5.74, 6) is 0. The van der Waals surface area contributed by atoms with Gasteiger partial charge in [-0.3, -0.25) is 4.99 Å². The van der Waals surface area contributed by atoms with Gasteiger partial charge >= 0.3 is 0 Å². The zero-order valence-electron chi connectivity index (χ0n) is 6.31. The van der Waals surface area contributed by atoms with E-state index in [0.717, 1.165) is 0 Å². The van der Waals surface area contributed by atoms with Crippen LogP contribution in [0.5, 0.6) is 0 Å². The van der Waals surface area contributed by atoms with Crippen molar-refractivity contribution in [1.29, 1.82) is 0 Å².